The summed E-state index contributed by atoms with van der Waals surface area (Å²) >= 11 is 0. The Bertz CT molecular complexity index is 1250. The smallest absolute Gasteiger partial charge is 0.420 e. The molecule has 0 unspecified atom stereocenters. The molecule has 11 heteroatoms. The summed E-state index contributed by atoms with van der Waals surface area (Å²) in [6, 6.07) is 7.77. The third-order valence-electron chi connectivity index (χ3n) is 5.39. The highest BCUT2D eigenvalue weighted by Gasteiger charge is 2.40. The van der Waals surface area contributed by atoms with E-state index in [0.29, 0.717) is 12.4 Å². The number of nitrogens with one attached hydrogen (secondary N) is 2. The molecule has 2 amide bonds. The van der Waals surface area contributed by atoms with E-state index >= 15 is 0 Å². The Balaban J connectivity index is 1.44. The molecule has 1 aliphatic heterocycles. The molecule has 190 valence electrons. The molecular formula is C25H25F3N4O4. The molecule has 36 heavy (non-hydrogen) atoms. The minimum atomic E-state index is -4.67. The first-order chi connectivity index (χ1) is 17.1. The Morgan fingerprint density at radius 2 is 1.81 bits per heavy atom. The predicted octanol–water partition coefficient (Wildman–Crippen LogP) is 5.68. The zero-order chi connectivity index (χ0) is 25.9. The third kappa shape index (κ3) is 5.85. The summed E-state index contributed by atoms with van der Waals surface area (Å²) in [5.74, 6) is 0.561. The topological polar surface area (TPSA) is 94.6 Å². The van der Waals surface area contributed by atoms with Gasteiger partial charge in [0, 0.05) is 29.2 Å². The number of aromatic nitrogens is 2. The zero-order valence-electron chi connectivity index (χ0n) is 19.9. The van der Waals surface area contributed by atoms with Crippen LogP contribution in [0.25, 0.3) is 11.1 Å². The van der Waals surface area contributed by atoms with Gasteiger partial charge in [0.15, 0.2) is 5.60 Å². The predicted molar refractivity (Wildman–Crippen MR) is 127 cm³/mol. The van der Waals surface area contributed by atoms with Crippen molar-refractivity contribution in [1.29, 1.82) is 0 Å². The van der Waals surface area contributed by atoms with Crippen LogP contribution < -0.4 is 20.1 Å². The second-order valence-electron chi connectivity index (χ2n) is 8.51. The molecule has 1 saturated heterocycles. The molecule has 0 aliphatic carbocycles. The Kier molecular flexibility index (Phi) is 7.02. The highest BCUT2D eigenvalue weighted by molar-refractivity contribution is 5.99. The third-order valence-corrected chi connectivity index (χ3v) is 5.39. The van der Waals surface area contributed by atoms with Crippen LogP contribution in [0.3, 0.4) is 0 Å². The zero-order valence-corrected chi connectivity index (χ0v) is 19.9. The number of carbonyl (C=O) groups is 1. The Hall–Kier alpha value is -3.86. The lowest BCUT2D eigenvalue weighted by Gasteiger charge is -2.38. The number of carbonyl (C=O) groups excluding carboxylic acids is 1. The molecule has 0 spiro atoms. The van der Waals surface area contributed by atoms with Crippen LogP contribution in [0.2, 0.25) is 0 Å². The first-order valence-corrected chi connectivity index (χ1v) is 11.2. The van der Waals surface area contributed by atoms with Gasteiger partial charge in [-0.25, -0.2) is 9.78 Å². The van der Waals surface area contributed by atoms with Gasteiger partial charge in [-0.3, -0.25) is 10.3 Å². The average molecular weight is 502 g/mol. The van der Waals surface area contributed by atoms with E-state index in [1.165, 1.54) is 12.1 Å². The van der Waals surface area contributed by atoms with Crippen molar-refractivity contribution >= 4 is 17.5 Å². The van der Waals surface area contributed by atoms with Crippen LogP contribution in [0.1, 0.15) is 25.1 Å². The highest BCUT2D eigenvalue weighted by Crippen LogP contribution is 2.40. The molecule has 0 radical (unpaired) electrons. The lowest BCUT2D eigenvalue weighted by Crippen LogP contribution is -2.51. The summed E-state index contributed by atoms with van der Waals surface area (Å²) < 4.78 is 57.0. The van der Waals surface area contributed by atoms with Crippen LogP contribution in [0, 0.1) is 6.92 Å². The Labute approximate surface area is 205 Å². The normalized spacial score (nSPS) is 14.5. The number of anilines is 2. The molecule has 0 atom stereocenters. The molecule has 4 rings (SSSR count). The minimum absolute atomic E-state index is 0.0482. The lowest BCUT2D eigenvalue weighted by molar-refractivity contribution is -0.160. The number of hydrogen-bond acceptors (Lipinski definition) is 6. The maximum Gasteiger partial charge on any atom is 0.420 e. The minimum Gasteiger partial charge on any atom is -0.492 e. The molecule has 8 nitrogen and oxygen atoms in total. The fourth-order valence-electron chi connectivity index (χ4n) is 3.52. The molecule has 1 fully saturated rings. The van der Waals surface area contributed by atoms with E-state index in [9.17, 15) is 18.0 Å². The number of alkyl halides is 3. The number of amides is 2. The van der Waals surface area contributed by atoms with Crippen LogP contribution >= 0.6 is 0 Å². The summed E-state index contributed by atoms with van der Waals surface area (Å²) in [6.07, 6.45) is -1.43. The molecule has 1 aliphatic rings. The van der Waals surface area contributed by atoms with Gasteiger partial charge in [-0.05, 0) is 57.2 Å². The van der Waals surface area contributed by atoms with Crippen molar-refractivity contribution in [2.24, 2.45) is 0 Å². The van der Waals surface area contributed by atoms with E-state index in [2.05, 4.69) is 20.6 Å². The van der Waals surface area contributed by atoms with E-state index < -0.39 is 23.4 Å². The van der Waals surface area contributed by atoms with Gasteiger partial charge < -0.3 is 19.5 Å². The van der Waals surface area contributed by atoms with Gasteiger partial charge in [-0.1, -0.05) is 0 Å². The summed E-state index contributed by atoms with van der Waals surface area (Å²) in [5, 5.41) is 4.91. The van der Waals surface area contributed by atoms with E-state index in [1.54, 1.807) is 31.5 Å². The van der Waals surface area contributed by atoms with E-state index in [4.69, 9.17) is 14.2 Å². The number of nitrogens with zero attached hydrogens (tertiary/aromatic N) is 2. The van der Waals surface area contributed by atoms with Gasteiger partial charge in [-0.15, -0.1) is 0 Å². The number of urea groups is 1. The fraction of sp³-hybridized carbons (Fsp3) is 0.320. The number of benzene rings is 1. The fourth-order valence-corrected chi connectivity index (χ4v) is 3.52. The Morgan fingerprint density at radius 3 is 2.42 bits per heavy atom. The summed E-state index contributed by atoms with van der Waals surface area (Å²) in [4.78, 5) is 20.9. The molecular weight excluding hydrogens is 477 g/mol. The molecule has 3 aromatic rings. The Morgan fingerprint density at radius 1 is 1.06 bits per heavy atom. The van der Waals surface area contributed by atoms with Gasteiger partial charge in [0.25, 0.3) is 0 Å². The van der Waals surface area contributed by atoms with Crippen molar-refractivity contribution in [3.63, 3.8) is 0 Å². The van der Waals surface area contributed by atoms with E-state index in [1.807, 2.05) is 19.9 Å². The number of aryl methyl sites for hydroxylation is 1. The molecule has 0 bridgehead atoms. The van der Waals surface area contributed by atoms with E-state index in [-0.39, 0.29) is 30.5 Å². The van der Waals surface area contributed by atoms with Gasteiger partial charge in [0.1, 0.15) is 17.3 Å². The summed E-state index contributed by atoms with van der Waals surface area (Å²) in [7, 11) is 0. The van der Waals surface area contributed by atoms with Gasteiger partial charge >= 0.3 is 12.2 Å². The van der Waals surface area contributed by atoms with E-state index in [0.717, 1.165) is 22.9 Å². The SMILES string of the molecule is CCOc1cc(-c2ccc(NC(=O)Nc3ccc(OC4(C)COC4)c(C(F)(F)F)c3)nc2)cnc1C. The maximum absolute atomic E-state index is 13.6. The monoisotopic (exact) mass is 502 g/mol. The molecule has 2 aromatic heterocycles. The number of ether oxygens (including phenoxy) is 3. The second-order valence-corrected chi connectivity index (χ2v) is 8.51. The van der Waals surface area contributed by atoms with Crippen LogP contribution in [0.5, 0.6) is 11.5 Å². The molecule has 2 N–H and O–H groups in total. The number of halogens is 3. The maximum atomic E-state index is 13.6. The molecule has 3 heterocycles. The van der Waals surface area contributed by atoms with Crippen LogP contribution in [0.4, 0.5) is 29.5 Å². The first-order valence-electron chi connectivity index (χ1n) is 11.2. The van der Waals surface area contributed by atoms with Gasteiger partial charge in [-0.2, -0.15) is 13.2 Å². The summed E-state index contributed by atoms with van der Waals surface area (Å²) in [6.45, 7) is 6.31. The van der Waals surface area contributed by atoms with Gasteiger partial charge in [0.2, 0.25) is 0 Å². The highest BCUT2D eigenvalue weighted by atomic mass is 19.4. The van der Waals surface area contributed by atoms with Crippen LogP contribution in [-0.2, 0) is 10.9 Å². The second kappa shape index (κ2) is 10.0. The van der Waals surface area contributed by atoms with Crippen LogP contribution in [0.15, 0.2) is 48.8 Å². The number of hydrogen-bond donors (Lipinski definition) is 2. The van der Waals surface area contributed by atoms with Crippen LogP contribution in [-0.4, -0.2) is 41.4 Å². The van der Waals surface area contributed by atoms with Crippen molar-refractivity contribution in [1.82, 2.24) is 9.97 Å². The summed E-state index contributed by atoms with van der Waals surface area (Å²) in [5.41, 5.74) is 0.455. The van der Waals surface area contributed by atoms with Crippen molar-refractivity contribution in [3.8, 4) is 22.6 Å². The van der Waals surface area contributed by atoms with Gasteiger partial charge in [0.05, 0.1) is 31.1 Å². The number of rotatable bonds is 7. The van der Waals surface area contributed by atoms with Crippen molar-refractivity contribution in [3.05, 3.63) is 60.0 Å². The number of pyridine rings is 2. The van der Waals surface area contributed by atoms with Crippen molar-refractivity contribution in [2.75, 3.05) is 30.5 Å². The largest absolute Gasteiger partial charge is 0.492 e. The average Bonchev–Trinajstić information content (AvgIpc) is 2.80. The quantitative estimate of drug-likeness (QED) is 0.432. The van der Waals surface area contributed by atoms with Crippen molar-refractivity contribution < 1.29 is 32.2 Å². The molecule has 1 aromatic carbocycles. The standard InChI is InChI=1S/C25H25F3N4O4/c1-4-35-21-9-17(12-29-15(21)2)16-5-8-22(30-11-16)32-23(33)31-18-6-7-20(19(10-18)25(26,27)28)36-24(3)13-34-14-24/h5-12H,4,13-14H2,1-3H3,(H2,30,31,32,33). The molecule has 0 saturated carbocycles. The van der Waals surface area contributed by atoms with Crippen molar-refractivity contribution in [2.45, 2.75) is 32.5 Å². The lowest BCUT2D eigenvalue weighted by atomic mass is 10.0. The first kappa shape index (κ1) is 25.2.